The van der Waals surface area contributed by atoms with Crippen molar-refractivity contribution in [2.75, 3.05) is 20.8 Å². The third-order valence-corrected chi connectivity index (χ3v) is 11.6. The highest BCUT2D eigenvalue weighted by Gasteiger charge is 2.48. The minimum Gasteiger partial charge on any atom is -0.458 e. The second-order valence-corrected chi connectivity index (χ2v) is 17.0. The van der Waals surface area contributed by atoms with Crippen molar-refractivity contribution in [3.63, 3.8) is 0 Å². The topological polar surface area (TPSA) is 282 Å². The summed E-state index contributed by atoms with van der Waals surface area (Å²) in [4.78, 5) is 115. The number of benzene rings is 2. The third kappa shape index (κ3) is 13.0. The lowest BCUT2D eigenvalue weighted by molar-refractivity contribution is -0.178. The van der Waals surface area contributed by atoms with E-state index in [1.807, 2.05) is 0 Å². The number of allylic oxidation sites excluding steroid dienone is 1. The maximum absolute atomic E-state index is 14.9. The number of cyclic esters (lactones) is 1. The highest BCUT2D eigenvalue weighted by atomic mass is 16.5. The van der Waals surface area contributed by atoms with Crippen molar-refractivity contribution in [1.82, 2.24) is 36.4 Å². The summed E-state index contributed by atoms with van der Waals surface area (Å²) < 4.78 is 10.8. The van der Waals surface area contributed by atoms with E-state index < -0.39 is 139 Å². The van der Waals surface area contributed by atoms with Crippen LogP contribution in [0.1, 0.15) is 59.1 Å². The maximum Gasteiger partial charge on any atom is 0.329 e. The number of amides is 7. The molecule has 0 aliphatic carbocycles. The first-order valence-corrected chi connectivity index (χ1v) is 21.8. The van der Waals surface area contributed by atoms with Crippen LogP contribution in [0.2, 0.25) is 0 Å². The lowest BCUT2D eigenvalue weighted by Gasteiger charge is -2.44. The Hall–Kier alpha value is -6.22. The largest absolute Gasteiger partial charge is 0.458 e. The fourth-order valence-corrected chi connectivity index (χ4v) is 7.65. The minimum atomic E-state index is -1.94. The summed E-state index contributed by atoms with van der Waals surface area (Å²) in [6.45, 7) is 8.41. The average Bonchev–Trinajstić information content (AvgIpc) is 3.28. The molecule has 2 aromatic carbocycles. The predicted molar refractivity (Wildman–Crippen MR) is 237 cm³/mol. The highest BCUT2D eigenvalue weighted by Crippen LogP contribution is 2.26. The van der Waals surface area contributed by atoms with Crippen molar-refractivity contribution >= 4 is 47.3 Å². The molecule has 2 aliphatic heterocycles. The third-order valence-electron chi connectivity index (χ3n) is 11.6. The van der Waals surface area contributed by atoms with Crippen LogP contribution in [0.5, 0.6) is 0 Å². The van der Waals surface area contributed by atoms with Gasteiger partial charge < -0.3 is 61.2 Å². The first-order chi connectivity index (χ1) is 31.2. The van der Waals surface area contributed by atoms with E-state index in [2.05, 4.69) is 26.6 Å². The molecule has 0 aromatic heterocycles. The molecule has 10 atom stereocenters. The highest BCUT2D eigenvalue weighted by molar-refractivity contribution is 6.02. The molecular formula is C46H63N7O13. The number of ether oxygens (including phenoxy) is 2. The van der Waals surface area contributed by atoms with E-state index in [-0.39, 0.29) is 12.8 Å². The molecule has 20 heteroatoms. The molecule has 0 saturated carbocycles. The molecule has 7 amide bonds. The Kier molecular flexibility index (Phi) is 18.9. The Balaban J connectivity index is 1.86. The molecule has 2 heterocycles. The number of rotatable bonds is 12. The maximum atomic E-state index is 14.9. The van der Waals surface area contributed by atoms with Crippen LogP contribution < -0.4 is 26.6 Å². The molecule has 10 unspecified atom stereocenters. The summed E-state index contributed by atoms with van der Waals surface area (Å²) in [5.74, 6) is -8.75. The van der Waals surface area contributed by atoms with Crippen molar-refractivity contribution in [3.05, 3.63) is 83.6 Å². The lowest BCUT2D eigenvalue weighted by atomic mass is 9.94. The molecule has 8 N–H and O–H groups in total. The molecule has 66 heavy (non-hydrogen) atoms. The first kappa shape index (κ1) is 52.4. The molecule has 0 radical (unpaired) electrons. The number of esters is 1. The minimum absolute atomic E-state index is 0.0849. The molecule has 360 valence electrons. The van der Waals surface area contributed by atoms with E-state index in [0.29, 0.717) is 11.1 Å². The van der Waals surface area contributed by atoms with Crippen molar-refractivity contribution in [2.24, 2.45) is 11.8 Å². The van der Waals surface area contributed by atoms with E-state index in [9.17, 15) is 53.7 Å². The molecule has 2 bridgehead atoms. The number of hydrogen-bond acceptors (Lipinski definition) is 13. The SMILES string of the molecule is CC=C1NC(=O)C(NC(=O)C(NC(=O)C(CO)OC)C(C)C)C(C)OC(=O)C(C(C)C)NC(=O)C(Cc2ccccc2)N(C)C(=O)C(Cc2ccccc2)N2C(=O)C(CC(O)C2O)NC1=O. The molecule has 4 rings (SSSR count). The molecule has 2 aromatic rings. The number of carbonyl (C=O) groups is 8. The van der Waals surface area contributed by atoms with Gasteiger partial charge in [0, 0.05) is 33.4 Å². The fraction of sp³-hybridized carbons (Fsp3) is 0.522. The second-order valence-electron chi connectivity index (χ2n) is 17.0. The first-order valence-electron chi connectivity index (χ1n) is 21.8. The van der Waals surface area contributed by atoms with Crippen LogP contribution in [0.4, 0.5) is 0 Å². The smallest absolute Gasteiger partial charge is 0.329 e. The van der Waals surface area contributed by atoms with Crippen LogP contribution in [-0.2, 0) is 60.7 Å². The van der Waals surface area contributed by atoms with E-state index in [0.717, 1.165) is 9.80 Å². The number of nitrogens with one attached hydrogen (secondary N) is 5. The summed E-state index contributed by atoms with van der Waals surface area (Å²) in [6.07, 6.45) is -6.07. The van der Waals surface area contributed by atoms with Crippen LogP contribution in [0.15, 0.2) is 72.4 Å². The van der Waals surface area contributed by atoms with Gasteiger partial charge in [-0.25, -0.2) is 4.79 Å². The van der Waals surface area contributed by atoms with E-state index in [1.165, 1.54) is 34.1 Å². The van der Waals surface area contributed by atoms with Gasteiger partial charge in [-0.3, -0.25) is 33.6 Å². The summed E-state index contributed by atoms with van der Waals surface area (Å²) >= 11 is 0. The van der Waals surface area contributed by atoms with Gasteiger partial charge in [-0.05, 0) is 36.8 Å². The van der Waals surface area contributed by atoms with Gasteiger partial charge in [-0.1, -0.05) is 94.4 Å². The lowest BCUT2D eigenvalue weighted by Crippen LogP contribution is -2.67. The molecular weight excluding hydrogens is 859 g/mol. The van der Waals surface area contributed by atoms with Crippen LogP contribution >= 0.6 is 0 Å². The number of aliphatic hydroxyl groups is 3. The van der Waals surface area contributed by atoms with E-state index in [4.69, 9.17) is 9.47 Å². The number of nitrogens with zero attached hydrogens (tertiary/aromatic N) is 2. The Morgan fingerprint density at radius 3 is 1.95 bits per heavy atom. The van der Waals surface area contributed by atoms with Crippen molar-refractivity contribution in [2.45, 2.75) is 122 Å². The van der Waals surface area contributed by atoms with Crippen molar-refractivity contribution < 1.29 is 63.1 Å². The van der Waals surface area contributed by atoms with Crippen LogP contribution in [0.25, 0.3) is 0 Å². The number of piperidine rings is 1. The Bertz CT molecular complexity index is 2080. The van der Waals surface area contributed by atoms with Crippen LogP contribution in [0.3, 0.4) is 0 Å². The van der Waals surface area contributed by atoms with Gasteiger partial charge in [-0.2, -0.15) is 0 Å². The standard InChI is InChI=1S/C46H63N7O13/c1-9-29-38(56)48-30-22-33(55)45(63)53(43(30)61)32(21-28-18-14-11-15-19-28)44(62)52(7)31(20-27-16-12-10-13-17-27)39(57)50-36(25(4)5)46(64)66-26(6)37(42(60)47-29)51-41(59)35(24(2)3)49-40(58)34(23-54)65-8/h9-19,24-26,30-37,45,54-55,63H,20-23H2,1-8H3,(H,47,60)(H,48,56)(H,49,58)(H,50,57)(H,51,59). The molecule has 2 fully saturated rings. The van der Waals surface area contributed by atoms with Crippen LogP contribution in [0, 0.1) is 11.8 Å². The van der Waals surface area contributed by atoms with Gasteiger partial charge in [0.05, 0.1) is 6.61 Å². The molecule has 20 nitrogen and oxygen atoms in total. The molecule has 2 aliphatic rings. The number of aliphatic hydroxyl groups excluding tert-OH is 3. The number of carbonyl (C=O) groups excluding carboxylic acids is 8. The van der Waals surface area contributed by atoms with E-state index >= 15 is 0 Å². The summed E-state index contributed by atoms with van der Waals surface area (Å²) in [6, 6.07) is 8.25. The average molecular weight is 922 g/mol. The fourth-order valence-electron chi connectivity index (χ4n) is 7.65. The van der Waals surface area contributed by atoms with Gasteiger partial charge in [0.15, 0.2) is 12.3 Å². The second kappa shape index (κ2) is 23.8. The Morgan fingerprint density at radius 2 is 1.44 bits per heavy atom. The molecule has 2 saturated heterocycles. The van der Waals surface area contributed by atoms with Crippen molar-refractivity contribution in [1.29, 1.82) is 0 Å². The normalized spacial score (nSPS) is 26.6. The Labute approximate surface area is 383 Å². The number of likely N-dealkylation sites (N-methyl/N-ethyl adjacent to an activating group) is 1. The number of methoxy groups -OCH3 is 1. The number of hydrogen-bond donors (Lipinski definition) is 8. The molecule has 0 spiro atoms. The van der Waals surface area contributed by atoms with Gasteiger partial charge in [0.1, 0.15) is 54.2 Å². The number of fused-ring (bicyclic) bond motifs is 2. The van der Waals surface area contributed by atoms with E-state index in [1.54, 1.807) is 88.4 Å². The monoisotopic (exact) mass is 921 g/mol. The zero-order valence-corrected chi connectivity index (χ0v) is 38.4. The van der Waals surface area contributed by atoms with Gasteiger partial charge in [0.25, 0.3) is 17.7 Å². The van der Waals surface area contributed by atoms with Gasteiger partial charge in [0.2, 0.25) is 23.6 Å². The van der Waals surface area contributed by atoms with Crippen molar-refractivity contribution in [3.8, 4) is 0 Å². The quantitative estimate of drug-likeness (QED) is 0.0920. The zero-order valence-electron chi connectivity index (χ0n) is 38.4. The Morgan fingerprint density at radius 1 is 0.864 bits per heavy atom. The summed E-state index contributed by atoms with van der Waals surface area (Å²) in [7, 11) is 2.53. The van der Waals surface area contributed by atoms with Gasteiger partial charge in [-0.15, -0.1) is 0 Å². The summed E-state index contributed by atoms with van der Waals surface area (Å²) in [5, 5.41) is 44.9. The summed E-state index contributed by atoms with van der Waals surface area (Å²) in [5.41, 5.74) is 0.730. The zero-order chi connectivity index (χ0) is 49.0. The van der Waals surface area contributed by atoms with Crippen LogP contribution in [-0.4, -0.2) is 154 Å². The van der Waals surface area contributed by atoms with Gasteiger partial charge >= 0.3 is 5.97 Å². The predicted octanol–water partition coefficient (Wildman–Crippen LogP) is -1.20.